The van der Waals surface area contributed by atoms with E-state index < -0.39 is 12.0 Å². The lowest BCUT2D eigenvalue weighted by Crippen LogP contribution is -2.45. The van der Waals surface area contributed by atoms with E-state index in [1.165, 1.54) is 0 Å². The molecule has 2 aromatic rings. The van der Waals surface area contributed by atoms with Crippen LogP contribution in [-0.4, -0.2) is 24.5 Å². The smallest absolute Gasteiger partial charge is 0.329 e. The summed E-state index contributed by atoms with van der Waals surface area (Å²) in [6.45, 7) is 6.21. The van der Waals surface area contributed by atoms with E-state index in [1.807, 2.05) is 51.1 Å². The predicted molar refractivity (Wildman–Crippen MR) is 99.9 cm³/mol. The fourth-order valence-corrected chi connectivity index (χ4v) is 2.47. The average molecular weight is 355 g/mol. The Labute approximate surface area is 154 Å². The number of benzene rings is 2. The molecule has 0 bridgehead atoms. The Morgan fingerprint density at radius 2 is 1.65 bits per heavy atom. The molecule has 0 aromatic heterocycles. The first-order chi connectivity index (χ1) is 12.5. The van der Waals surface area contributed by atoms with Crippen molar-refractivity contribution >= 4 is 11.9 Å². The van der Waals surface area contributed by atoms with Crippen molar-refractivity contribution in [2.24, 2.45) is 5.92 Å². The van der Waals surface area contributed by atoms with Crippen LogP contribution in [0.15, 0.2) is 54.6 Å². The fourth-order valence-electron chi connectivity index (χ4n) is 2.47. The van der Waals surface area contributed by atoms with Crippen molar-refractivity contribution in [3.63, 3.8) is 0 Å². The van der Waals surface area contributed by atoms with E-state index in [-0.39, 0.29) is 18.4 Å². The molecule has 0 saturated heterocycles. The van der Waals surface area contributed by atoms with Gasteiger partial charge in [0.1, 0.15) is 18.4 Å². The van der Waals surface area contributed by atoms with Gasteiger partial charge in [-0.1, -0.05) is 56.3 Å². The number of amides is 1. The van der Waals surface area contributed by atoms with Gasteiger partial charge in [0.25, 0.3) is 5.91 Å². The Morgan fingerprint density at radius 3 is 2.31 bits per heavy atom. The molecule has 0 aliphatic rings. The highest BCUT2D eigenvalue weighted by atomic mass is 16.5. The van der Waals surface area contributed by atoms with Crippen LogP contribution in [0.1, 0.15) is 36.7 Å². The molecule has 0 spiro atoms. The van der Waals surface area contributed by atoms with E-state index in [1.54, 1.807) is 24.3 Å². The van der Waals surface area contributed by atoms with Crippen molar-refractivity contribution in [1.82, 2.24) is 5.32 Å². The number of carbonyl (C=O) groups excluding carboxylic acids is 2. The number of para-hydroxylation sites is 1. The molecule has 138 valence electrons. The lowest BCUT2D eigenvalue weighted by Gasteiger charge is -2.21. The van der Waals surface area contributed by atoms with E-state index in [2.05, 4.69) is 5.32 Å². The third kappa shape index (κ3) is 5.34. The number of hydrogen-bond donors (Lipinski definition) is 1. The van der Waals surface area contributed by atoms with Crippen LogP contribution in [0.25, 0.3) is 0 Å². The van der Waals surface area contributed by atoms with E-state index in [0.29, 0.717) is 17.9 Å². The number of nitrogens with one attached hydrogen (secondary N) is 1. The molecule has 2 rings (SSSR count). The molecular formula is C21H25NO4. The molecule has 0 fully saturated rings. The topological polar surface area (TPSA) is 64.6 Å². The lowest BCUT2D eigenvalue weighted by molar-refractivity contribution is -0.148. The fraction of sp³-hybridized carbons (Fsp3) is 0.333. The Bertz CT molecular complexity index is 728. The molecule has 0 radical (unpaired) electrons. The zero-order valence-corrected chi connectivity index (χ0v) is 15.4. The SMILES string of the molecule is CCOc1ccccc1C(=O)N[C@@H](C(=O)OCc1ccccc1)C(C)C. The van der Waals surface area contributed by atoms with Crippen LogP contribution in [0, 0.1) is 5.92 Å². The first-order valence-electron chi connectivity index (χ1n) is 8.76. The second-order valence-electron chi connectivity index (χ2n) is 6.22. The van der Waals surface area contributed by atoms with Gasteiger partial charge >= 0.3 is 5.97 Å². The quantitative estimate of drug-likeness (QED) is 0.735. The minimum Gasteiger partial charge on any atom is -0.493 e. The van der Waals surface area contributed by atoms with Crippen LogP contribution in [0.2, 0.25) is 0 Å². The van der Waals surface area contributed by atoms with E-state index in [0.717, 1.165) is 5.56 Å². The van der Waals surface area contributed by atoms with Crippen LogP contribution in [0.4, 0.5) is 0 Å². The highest BCUT2D eigenvalue weighted by Gasteiger charge is 2.27. The highest BCUT2D eigenvalue weighted by molar-refractivity contribution is 5.99. The Hall–Kier alpha value is -2.82. The summed E-state index contributed by atoms with van der Waals surface area (Å²) in [5.74, 6) is -0.426. The molecule has 2 aromatic carbocycles. The van der Waals surface area contributed by atoms with Crippen molar-refractivity contribution in [2.45, 2.75) is 33.4 Å². The molecule has 26 heavy (non-hydrogen) atoms. The molecule has 0 aliphatic heterocycles. The molecule has 0 unspecified atom stereocenters. The maximum Gasteiger partial charge on any atom is 0.329 e. The number of ether oxygens (including phenoxy) is 2. The molecule has 1 N–H and O–H groups in total. The van der Waals surface area contributed by atoms with Crippen molar-refractivity contribution < 1.29 is 19.1 Å². The molecule has 0 heterocycles. The summed E-state index contributed by atoms with van der Waals surface area (Å²) in [6, 6.07) is 15.7. The molecule has 1 atom stereocenters. The van der Waals surface area contributed by atoms with Gasteiger partial charge in [0.15, 0.2) is 0 Å². The van der Waals surface area contributed by atoms with Crippen molar-refractivity contribution in [3.05, 3.63) is 65.7 Å². The molecule has 0 saturated carbocycles. The van der Waals surface area contributed by atoms with Gasteiger partial charge in [-0.3, -0.25) is 4.79 Å². The first-order valence-corrected chi connectivity index (χ1v) is 8.76. The van der Waals surface area contributed by atoms with Gasteiger partial charge in [-0.25, -0.2) is 4.79 Å². The molecular weight excluding hydrogens is 330 g/mol. The molecule has 0 aliphatic carbocycles. The second-order valence-corrected chi connectivity index (χ2v) is 6.22. The maximum atomic E-state index is 12.6. The summed E-state index contributed by atoms with van der Waals surface area (Å²) in [7, 11) is 0. The Balaban J connectivity index is 2.05. The standard InChI is InChI=1S/C21H25NO4/c1-4-25-18-13-9-8-12-17(18)20(23)22-19(15(2)3)21(24)26-14-16-10-6-5-7-11-16/h5-13,15,19H,4,14H2,1-3H3,(H,22,23)/t19-/m1/s1. The Morgan fingerprint density at radius 1 is 1.00 bits per heavy atom. The van der Waals surface area contributed by atoms with Gasteiger partial charge in [0.2, 0.25) is 0 Å². The second kappa shape index (κ2) is 9.61. The third-order valence-electron chi connectivity index (χ3n) is 3.86. The van der Waals surface area contributed by atoms with Gasteiger partial charge in [0.05, 0.1) is 12.2 Å². The van der Waals surface area contributed by atoms with Gasteiger partial charge < -0.3 is 14.8 Å². The van der Waals surface area contributed by atoms with Crippen LogP contribution in [-0.2, 0) is 16.1 Å². The summed E-state index contributed by atoms with van der Waals surface area (Å²) in [4.78, 5) is 25.1. The molecule has 5 heteroatoms. The van der Waals surface area contributed by atoms with Gasteiger partial charge in [-0.15, -0.1) is 0 Å². The number of esters is 1. The normalized spacial score (nSPS) is 11.7. The monoisotopic (exact) mass is 355 g/mol. The molecule has 1 amide bonds. The zero-order chi connectivity index (χ0) is 18.9. The van der Waals surface area contributed by atoms with Crippen LogP contribution < -0.4 is 10.1 Å². The minimum absolute atomic E-state index is 0.110. The number of carbonyl (C=O) groups is 2. The van der Waals surface area contributed by atoms with Crippen molar-refractivity contribution in [2.75, 3.05) is 6.61 Å². The van der Waals surface area contributed by atoms with Crippen molar-refractivity contribution in [1.29, 1.82) is 0 Å². The van der Waals surface area contributed by atoms with Gasteiger partial charge in [-0.2, -0.15) is 0 Å². The third-order valence-corrected chi connectivity index (χ3v) is 3.86. The van der Waals surface area contributed by atoms with Crippen LogP contribution in [0.3, 0.4) is 0 Å². The first kappa shape index (κ1) is 19.5. The van der Waals surface area contributed by atoms with E-state index in [4.69, 9.17) is 9.47 Å². The predicted octanol–water partition coefficient (Wildman–Crippen LogP) is 3.58. The van der Waals surface area contributed by atoms with Crippen molar-refractivity contribution in [3.8, 4) is 5.75 Å². The number of hydrogen-bond acceptors (Lipinski definition) is 4. The lowest BCUT2D eigenvalue weighted by atomic mass is 10.0. The Kier molecular flexibility index (Phi) is 7.21. The zero-order valence-electron chi connectivity index (χ0n) is 15.4. The maximum absolute atomic E-state index is 12.6. The summed E-state index contributed by atoms with van der Waals surface area (Å²) in [5.41, 5.74) is 1.30. The summed E-state index contributed by atoms with van der Waals surface area (Å²) in [6.07, 6.45) is 0. The minimum atomic E-state index is -0.735. The molecule has 5 nitrogen and oxygen atoms in total. The van der Waals surface area contributed by atoms with Crippen LogP contribution in [0.5, 0.6) is 5.75 Å². The summed E-state index contributed by atoms with van der Waals surface area (Å²) < 4.78 is 10.9. The summed E-state index contributed by atoms with van der Waals surface area (Å²) >= 11 is 0. The number of rotatable bonds is 8. The summed E-state index contributed by atoms with van der Waals surface area (Å²) in [5, 5.41) is 2.77. The van der Waals surface area contributed by atoms with E-state index in [9.17, 15) is 9.59 Å². The average Bonchev–Trinajstić information content (AvgIpc) is 2.65. The van der Waals surface area contributed by atoms with E-state index >= 15 is 0 Å². The van der Waals surface area contributed by atoms with Gasteiger partial charge in [0, 0.05) is 0 Å². The largest absolute Gasteiger partial charge is 0.493 e. The highest BCUT2D eigenvalue weighted by Crippen LogP contribution is 2.18. The van der Waals surface area contributed by atoms with Crippen LogP contribution >= 0.6 is 0 Å². The van der Waals surface area contributed by atoms with Gasteiger partial charge in [-0.05, 0) is 30.5 Å².